The third-order valence-electron chi connectivity index (χ3n) is 5.11. The lowest BCUT2D eigenvalue weighted by Crippen LogP contribution is -2.39. The van der Waals surface area contributed by atoms with Crippen LogP contribution in [-0.4, -0.2) is 18.4 Å². The first-order valence-electron chi connectivity index (χ1n) is 9.36. The Kier molecular flexibility index (Phi) is 5.03. The first-order valence-corrected chi connectivity index (χ1v) is 9.36. The number of rotatable bonds is 4. The molecule has 0 spiro atoms. The zero-order chi connectivity index (χ0) is 18.9. The highest BCUT2D eigenvalue weighted by molar-refractivity contribution is 6.04. The van der Waals surface area contributed by atoms with Crippen molar-refractivity contribution in [2.24, 2.45) is 5.41 Å². The number of carbonyl (C=O) groups excluding carboxylic acids is 2. The standard InChI is InChI=1S/C22H27NO3/c1-5-15-20(21(25)26-6-2)18(14-10-8-7-9-11-14)19-16(23-15)12-22(3,4)13-17(19)24/h7-11,18,23H,5-6,12-13H2,1-4H3. The first-order chi connectivity index (χ1) is 12.4. The van der Waals surface area contributed by atoms with Gasteiger partial charge in [0.1, 0.15) is 0 Å². The Morgan fingerprint density at radius 1 is 1.19 bits per heavy atom. The molecule has 3 rings (SSSR count). The van der Waals surface area contributed by atoms with Gasteiger partial charge in [-0.2, -0.15) is 0 Å². The zero-order valence-electron chi connectivity index (χ0n) is 16.0. The monoisotopic (exact) mass is 353 g/mol. The number of ether oxygens (including phenoxy) is 1. The molecular weight excluding hydrogens is 326 g/mol. The van der Waals surface area contributed by atoms with Gasteiger partial charge in [-0.1, -0.05) is 51.1 Å². The molecule has 1 aliphatic carbocycles. The fourth-order valence-electron chi connectivity index (χ4n) is 4.06. The molecule has 1 atom stereocenters. The van der Waals surface area contributed by atoms with Gasteiger partial charge in [0.25, 0.3) is 0 Å². The van der Waals surface area contributed by atoms with Gasteiger partial charge < -0.3 is 10.1 Å². The van der Waals surface area contributed by atoms with Crippen LogP contribution in [0.1, 0.15) is 58.4 Å². The van der Waals surface area contributed by atoms with Crippen LogP contribution >= 0.6 is 0 Å². The highest BCUT2D eigenvalue weighted by atomic mass is 16.5. The van der Waals surface area contributed by atoms with E-state index in [1.54, 1.807) is 6.92 Å². The molecule has 0 aromatic heterocycles. The van der Waals surface area contributed by atoms with Gasteiger partial charge in [0, 0.05) is 29.3 Å². The van der Waals surface area contributed by atoms with Crippen LogP contribution in [0.15, 0.2) is 52.9 Å². The van der Waals surface area contributed by atoms with E-state index < -0.39 is 0 Å². The molecular formula is C22H27NO3. The number of ketones is 1. The molecule has 0 radical (unpaired) electrons. The van der Waals surface area contributed by atoms with E-state index in [1.807, 2.05) is 37.3 Å². The van der Waals surface area contributed by atoms with Gasteiger partial charge in [0.2, 0.25) is 0 Å². The summed E-state index contributed by atoms with van der Waals surface area (Å²) in [5.74, 6) is -0.575. The second-order valence-electron chi connectivity index (χ2n) is 7.77. The number of allylic oxidation sites excluding steroid dienone is 3. The summed E-state index contributed by atoms with van der Waals surface area (Å²) < 4.78 is 5.35. The lowest BCUT2D eigenvalue weighted by Gasteiger charge is -2.39. The summed E-state index contributed by atoms with van der Waals surface area (Å²) in [5, 5.41) is 3.42. The van der Waals surface area contributed by atoms with Crippen LogP contribution in [0.25, 0.3) is 0 Å². The lowest BCUT2D eigenvalue weighted by molar-refractivity contribution is -0.138. The summed E-state index contributed by atoms with van der Waals surface area (Å²) >= 11 is 0. The highest BCUT2D eigenvalue weighted by Crippen LogP contribution is 2.47. The summed E-state index contributed by atoms with van der Waals surface area (Å²) in [6, 6.07) is 9.81. The third-order valence-corrected chi connectivity index (χ3v) is 5.11. The van der Waals surface area contributed by atoms with Crippen molar-refractivity contribution in [3.05, 3.63) is 58.4 Å². The van der Waals surface area contributed by atoms with E-state index >= 15 is 0 Å². The van der Waals surface area contributed by atoms with E-state index in [2.05, 4.69) is 19.2 Å². The molecule has 4 nitrogen and oxygen atoms in total. The Hall–Kier alpha value is -2.36. The average molecular weight is 353 g/mol. The summed E-state index contributed by atoms with van der Waals surface area (Å²) in [4.78, 5) is 25.9. The second-order valence-corrected chi connectivity index (χ2v) is 7.77. The number of nitrogens with one attached hydrogen (secondary N) is 1. The van der Waals surface area contributed by atoms with Gasteiger partial charge in [-0.05, 0) is 30.7 Å². The van der Waals surface area contributed by atoms with Crippen LogP contribution in [0, 0.1) is 5.41 Å². The summed E-state index contributed by atoms with van der Waals surface area (Å²) in [5.41, 5.74) is 4.02. The Morgan fingerprint density at radius 3 is 2.50 bits per heavy atom. The number of dihydropyridines is 1. The van der Waals surface area contributed by atoms with E-state index in [1.165, 1.54) is 0 Å². The Balaban J connectivity index is 2.19. The SMILES string of the molecule is CCOC(=O)C1=C(CC)NC2=C(C(=O)CC(C)(C)C2)C1c1ccccc1. The molecule has 138 valence electrons. The van der Waals surface area contributed by atoms with E-state index in [9.17, 15) is 9.59 Å². The largest absolute Gasteiger partial charge is 0.463 e. The maximum Gasteiger partial charge on any atom is 0.336 e. The molecule has 1 N–H and O–H groups in total. The van der Waals surface area contributed by atoms with Crippen LogP contribution in [0.2, 0.25) is 0 Å². The predicted molar refractivity (Wildman–Crippen MR) is 101 cm³/mol. The fraction of sp³-hybridized carbons (Fsp3) is 0.455. The van der Waals surface area contributed by atoms with Crippen molar-refractivity contribution in [2.45, 2.75) is 52.9 Å². The van der Waals surface area contributed by atoms with E-state index in [0.29, 0.717) is 25.0 Å². The lowest BCUT2D eigenvalue weighted by atomic mass is 9.68. The summed E-state index contributed by atoms with van der Waals surface area (Å²) in [6.07, 6.45) is 1.98. The van der Waals surface area contributed by atoms with E-state index in [0.717, 1.165) is 29.0 Å². The van der Waals surface area contributed by atoms with E-state index in [4.69, 9.17) is 4.74 Å². The maximum atomic E-state index is 13.1. The molecule has 2 aliphatic rings. The Bertz CT molecular complexity index is 787. The van der Waals surface area contributed by atoms with Gasteiger partial charge in [0.05, 0.1) is 12.2 Å². The topological polar surface area (TPSA) is 55.4 Å². The smallest absolute Gasteiger partial charge is 0.336 e. The molecule has 0 bridgehead atoms. The van der Waals surface area contributed by atoms with Gasteiger partial charge in [-0.25, -0.2) is 4.79 Å². The average Bonchev–Trinajstić information content (AvgIpc) is 2.59. The molecule has 26 heavy (non-hydrogen) atoms. The number of benzene rings is 1. The Morgan fingerprint density at radius 2 is 1.88 bits per heavy atom. The van der Waals surface area contributed by atoms with Crippen LogP contribution in [0.3, 0.4) is 0 Å². The van der Waals surface area contributed by atoms with Crippen molar-refractivity contribution < 1.29 is 14.3 Å². The van der Waals surface area contributed by atoms with Crippen molar-refractivity contribution in [1.29, 1.82) is 0 Å². The molecule has 1 unspecified atom stereocenters. The molecule has 0 fully saturated rings. The van der Waals surface area contributed by atoms with Gasteiger partial charge >= 0.3 is 5.97 Å². The van der Waals surface area contributed by atoms with Crippen molar-refractivity contribution in [1.82, 2.24) is 5.32 Å². The molecule has 0 saturated carbocycles. The number of esters is 1. The van der Waals surface area contributed by atoms with Crippen LogP contribution in [-0.2, 0) is 14.3 Å². The molecule has 1 aromatic rings. The molecule has 0 saturated heterocycles. The Labute approximate surface area is 155 Å². The molecule has 4 heteroatoms. The van der Waals surface area contributed by atoms with Crippen molar-refractivity contribution in [3.8, 4) is 0 Å². The minimum atomic E-state index is -0.356. The maximum absolute atomic E-state index is 13.1. The minimum absolute atomic E-state index is 0.0789. The quantitative estimate of drug-likeness (QED) is 0.823. The first kappa shape index (κ1) is 18.4. The second kappa shape index (κ2) is 7.10. The molecule has 1 heterocycles. The fourth-order valence-corrected chi connectivity index (χ4v) is 4.06. The van der Waals surface area contributed by atoms with E-state index in [-0.39, 0.29) is 23.1 Å². The van der Waals surface area contributed by atoms with Crippen LogP contribution in [0.5, 0.6) is 0 Å². The summed E-state index contributed by atoms with van der Waals surface area (Å²) in [7, 11) is 0. The number of carbonyl (C=O) groups is 2. The van der Waals surface area contributed by atoms with Crippen molar-refractivity contribution >= 4 is 11.8 Å². The summed E-state index contributed by atoms with van der Waals surface area (Å²) in [6.45, 7) is 8.36. The number of Topliss-reactive ketones (excluding diaryl/α,β-unsaturated/α-hetero) is 1. The van der Waals surface area contributed by atoms with Gasteiger partial charge in [-0.15, -0.1) is 0 Å². The number of hydrogen-bond acceptors (Lipinski definition) is 4. The molecule has 1 aromatic carbocycles. The zero-order valence-corrected chi connectivity index (χ0v) is 16.0. The van der Waals surface area contributed by atoms with Crippen molar-refractivity contribution in [2.75, 3.05) is 6.61 Å². The number of hydrogen-bond donors (Lipinski definition) is 1. The van der Waals surface area contributed by atoms with Crippen molar-refractivity contribution in [3.63, 3.8) is 0 Å². The predicted octanol–water partition coefficient (Wildman–Crippen LogP) is 4.24. The molecule has 1 aliphatic heterocycles. The van der Waals surface area contributed by atoms with Gasteiger partial charge in [-0.3, -0.25) is 4.79 Å². The molecule has 0 amide bonds. The van der Waals surface area contributed by atoms with Crippen LogP contribution < -0.4 is 5.32 Å². The van der Waals surface area contributed by atoms with Gasteiger partial charge in [0.15, 0.2) is 5.78 Å². The normalized spacial score (nSPS) is 22.0. The van der Waals surface area contributed by atoms with Crippen LogP contribution in [0.4, 0.5) is 0 Å². The third kappa shape index (κ3) is 3.33. The highest BCUT2D eigenvalue weighted by Gasteiger charge is 2.43. The minimum Gasteiger partial charge on any atom is -0.463 e.